The van der Waals surface area contributed by atoms with Crippen molar-refractivity contribution < 1.29 is 37.7 Å². The fraction of sp³-hybridized carbons (Fsp3) is 0.556. The molecule has 0 bridgehead atoms. The number of rotatable bonds is 6. The Bertz CT molecular complexity index is 326. The van der Waals surface area contributed by atoms with Gasteiger partial charge in [0, 0.05) is 0 Å². The first-order valence-corrected chi connectivity index (χ1v) is 7.42. The van der Waals surface area contributed by atoms with Crippen molar-refractivity contribution in [1.29, 1.82) is 0 Å². The van der Waals surface area contributed by atoms with Gasteiger partial charge in [-0.05, 0) is 12.3 Å². The average molecular weight is 258 g/mol. The standard InChI is InChI=1S/C18H28.2Li/c1-5-15(3)10-12-17-8-7-9-18(14-17)13-11-16(4)6-2;;/h7-9,12-16H,5-6,10-11H2,1-4H3;;/q-2;2*+1/b17-12+,18-13+;;. The van der Waals surface area contributed by atoms with Crippen molar-refractivity contribution in [2.24, 2.45) is 11.8 Å². The molecule has 1 aliphatic rings. The third kappa shape index (κ3) is 9.16. The molecule has 0 radical (unpaired) electrons. The molecule has 0 fully saturated rings. The monoisotopic (exact) mass is 258 g/mol. The quantitative estimate of drug-likeness (QED) is 0.453. The number of allylic oxidation sites excluding steroid dienone is 6. The summed E-state index contributed by atoms with van der Waals surface area (Å²) in [4.78, 5) is 0. The van der Waals surface area contributed by atoms with E-state index >= 15 is 0 Å². The van der Waals surface area contributed by atoms with Crippen LogP contribution in [0.25, 0.3) is 0 Å². The fourth-order valence-corrected chi connectivity index (χ4v) is 1.82. The molecule has 0 aromatic rings. The Morgan fingerprint density at radius 3 is 2.10 bits per heavy atom. The minimum absolute atomic E-state index is 0. The summed E-state index contributed by atoms with van der Waals surface area (Å²) in [6.07, 6.45) is 18.5. The van der Waals surface area contributed by atoms with Crippen LogP contribution in [0, 0.1) is 24.7 Å². The van der Waals surface area contributed by atoms with Crippen LogP contribution in [-0.2, 0) is 0 Å². The van der Waals surface area contributed by atoms with E-state index in [-0.39, 0.29) is 37.7 Å². The van der Waals surface area contributed by atoms with Crippen LogP contribution in [0.5, 0.6) is 0 Å². The van der Waals surface area contributed by atoms with Gasteiger partial charge in [-0.3, -0.25) is 5.57 Å². The van der Waals surface area contributed by atoms with Crippen LogP contribution in [0.4, 0.5) is 0 Å². The Balaban J connectivity index is 0. The van der Waals surface area contributed by atoms with E-state index in [0.717, 1.165) is 11.8 Å². The molecule has 20 heavy (non-hydrogen) atoms. The van der Waals surface area contributed by atoms with Gasteiger partial charge in [-0.1, -0.05) is 52.9 Å². The van der Waals surface area contributed by atoms with Crippen molar-refractivity contribution >= 4 is 0 Å². The summed E-state index contributed by atoms with van der Waals surface area (Å²) in [7, 11) is 0. The fourth-order valence-electron chi connectivity index (χ4n) is 1.82. The van der Waals surface area contributed by atoms with Gasteiger partial charge >= 0.3 is 37.7 Å². The predicted molar refractivity (Wildman–Crippen MR) is 82.1 cm³/mol. The Morgan fingerprint density at radius 2 is 1.55 bits per heavy atom. The van der Waals surface area contributed by atoms with E-state index in [1.807, 2.05) is 0 Å². The maximum atomic E-state index is 2.37. The summed E-state index contributed by atoms with van der Waals surface area (Å²) < 4.78 is 0. The third-order valence-corrected chi connectivity index (χ3v) is 3.82. The van der Waals surface area contributed by atoms with Crippen molar-refractivity contribution in [2.75, 3.05) is 0 Å². The van der Waals surface area contributed by atoms with Crippen molar-refractivity contribution in [3.05, 3.63) is 48.3 Å². The van der Waals surface area contributed by atoms with Crippen molar-refractivity contribution in [1.82, 2.24) is 0 Å². The molecule has 0 nitrogen and oxygen atoms in total. The molecule has 0 aromatic carbocycles. The zero-order chi connectivity index (χ0) is 13.4. The van der Waals surface area contributed by atoms with Gasteiger partial charge in [-0.2, -0.15) is 5.57 Å². The first kappa shape index (κ1) is 22.4. The molecule has 0 spiro atoms. The maximum Gasteiger partial charge on any atom is 1.00 e. The van der Waals surface area contributed by atoms with Crippen LogP contribution in [0.15, 0.2) is 35.5 Å². The Morgan fingerprint density at radius 1 is 1.00 bits per heavy atom. The van der Waals surface area contributed by atoms with Crippen LogP contribution in [0.2, 0.25) is 0 Å². The second kappa shape index (κ2) is 12.9. The summed E-state index contributed by atoms with van der Waals surface area (Å²) in [5, 5.41) is 0. The van der Waals surface area contributed by atoms with Gasteiger partial charge < -0.3 is 0 Å². The van der Waals surface area contributed by atoms with Crippen molar-refractivity contribution in [3.8, 4) is 0 Å². The summed E-state index contributed by atoms with van der Waals surface area (Å²) in [5.74, 6) is 1.58. The van der Waals surface area contributed by atoms with E-state index in [2.05, 4.69) is 64.8 Å². The molecule has 1 rings (SSSR count). The molecule has 2 atom stereocenters. The second-order valence-electron chi connectivity index (χ2n) is 5.58. The first-order valence-electron chi connectivity index (χ1n) is 7.42. The molecule has 0 aromatic heterocycles. The zero-order valence-corrected chi connectivity index (χ0v) is 14.4. The van der Waals surface area contributed by atoms with E-state index in [1.54, 1.807) is 0 Å². The van der Waals surface area contributed by atoms with E-state index in [4.69, 9.17) is 0 Å². The van der Waals surface area contributed by atoms with Gasteiger partial charge in [0.05, 0.1) is 0 Å². The van der Waals surface area contributed by atoms with Crippen LogP contribution in [-0.4, -0.2) is 0 Å². The second-order valence-corrected chi connectivity index (χ2v) is 5.58. The van der Waals surface area contributed by atoms with E-state index in [1.165, 1.54) is 36.8 Å². The first-order chi connectivity index (χ1) is 8.65. The zero-order valence-electron chi connectivity index (χ0n) is 14.4. The Labute approximate surface area is 150 Å². The molecule has 2 heteroatoms. The van der Waals surface area contributed by atoms with Gasteiger partial charge in [0.15, 0.2) is 0 Å². The van der Waals surface area contributed by atoms with Gasteiger partial charge in [0.1, 0.15) is 0 Å². The average Bonchev–Trinajstić information content (AvgIpc) is 2.42. The SMILES string of the molecule is CCC(C)C/C=C1\C=C[CH-]/C(=C\CC(C)CC)[CH-]1.[Li+].[Li+]. The van der Waals surface area contributed by atoms with Crippen LogP contribution >= 0.6 is 0 Å². The molecule has 0 saturated heterocycles. The molecule has 2 unspecified atom stereocenters. The van der Waals surface area contributed by atoms with Gasteiger partial charge in [-0.25, -0.2) is 31.1 Å². The topological polar surface area (TPSA) is 0 Å². The minimum Gasteiger partial charge on any atom is -0.276 e. The number of hydrogen-bond acceptors (Lipinski definition) is 0. The van der Waals surface area contributed by atoms with Crippen LogP contribution in [0.3, 0.4) is 0 Å². The molecular formula is C18H28Li2. The third-order valence-electron chi connectivity index (χ3n) is 3.82. The summed E-state index contributed by atoms with van der Waals surface area (Å²) >= 11 is 0. The van der Waals surface area contributed by atoms with Crippen LogP contribution < -0.4 is 37.7 Å². The smallest absolute Gasteiger partial charge is 0.276 e. The molecular weight excluding hydrogens is 230 g/mol. The molecule has 0 N–H and O–H groups in total. The van der Waals surface area contributed by atoms with Gasteiger partial charge in [0.2, 0.25) is 0 Å². The molecule has 0 aliphatic heterocycles. The summed E-state index contributed by atoms with van der Waals surface area (Å²) in [6.45, 7) is 9.15. The van der Waals surface area contributed by atoms with Gasteiger partial charge in [-0.15, -0.1) is 6.08 Å². The summed E-state index contributed by atoms with van der Waals surface area (Å²) in [6, 6.07) is 0. The molecule has 0 heterocycles. The summed E-state index contributed by atoms with van der Waals surface area (Å²) in [5.41, 5.74) is 2.74. The van der Waals surface area contributed by atoms with E-state index in [9.17, 15) is 0 Å². The Kier molecular flexibility index (Phi) is 14.4. The number of hydrogen-bond donors (Lipinski definition) is 0. The van der Waals surface area contributed by atoms with E-state index in [0.29, 0.717) is 0 Å². The van der Waals surface area contributed by atoms with Gasteiger partial charge in [0.25, 0.3) is 0 Å². The maximum absolute atomic E-state index is 2.37. The Hall–Kier alpha value is 0.155. The van der Waals surface area contributed by atoms with Crippen molar-refractivity contribution in [3.63, 3.8) is 0 Å². The largest absolute Gasteiger partial charge is 1.00 e. The molecule has 102 valence electrons. The van der Waals surface area contributed by atoms with Crippen LogP contribution in [0.1, 0.15) is 53.4 Å². The molecule has 0 amide bonds. The molecule has 0 saturated carbocycles. The normalized spacial score (nSPS) is 20.4. The minimum atomic E-state index is 0. The van der Waals surface area contributed by atoms with Crippen molar-refractivity contribution in [2.45, 2.75) is 53.4 Å². The predicted octanol–water partition coefficient (Wildman–Crippen LogP) is -0.302. The molecule has 1 aliphatic carbocycles. The van der Waals surface area contributed by atoms with E-state index < -0.39 is 0 Å².